The average molecular weight is 655 g/mol. The van der Waals surface area contributed by atoms with Crippen molar-refractivity contribution in [1.82, 2.24) is 0 Å². The summed E-state index contributed by atoms with van der Waals surface area (Å²) < 4.78 is 39.2. The second kappa shape index (κ2) is 13.5. The van der Waals surface area contributed by atoms with E-state index in [1.54, 1.807) is 0 Å². The van der Waals surface area contributed by atoms with Crippen molar-refractivity contribution in [1.29, 1.82) is 0 Å². The molecular formula is C29H34O17. The Morgan fingerprint density at radius 3 is 1.63 bits per heavy atom. The number of aliphatic hydroxyl groups excluding tert-OH is 8. The molecular weight excluding hydrogens is 620 g/mol. The van der Waals surface area contributed by atoms with Gasteiger partial charge in [0.15, 0.2) is 28.4 Å². The zero-order chi connectivity index (χ0) is 33.4. The van der Waals surface area contributed by atoms with Crippen molar-refractivity contribution in [2.24, 2.45) is 0 Å². The summed E-state index contributed by atoms with van der Waals surface area (Å²) in [6, 6.07) is 6.05. The van der Waals surface area contributed by atoms with Crippen molar-refractivity contribution < 1.29 is 78.8 Å². The normalized spacial score (nSPS) is 31.4. The average Bonchev–Trinajstić information content (AvgIpc) is 3.05. The highest BCUT2D eigenvalue weighted by atomic mass is 16.7. The van der Waals surface area contributed by atoms with E-state index >= 15 is 0 Å². The number of rotatable bonds is 9. The summed E-state index contributed by atoms with van der Waals surface area (Å²) in [5.41, 5.74) is -0.469. The van der Waals surface area contributed by atoms with Crippen LogP contribution in [0.5, 0.6) is 28.7 Å². The highest BCUT2D eigenvalue weighted by molar-refractivity contribution is 5.77. The van der Waals surface area contributed by atoms with Gasteiger partial charge in [-0.05, 0) is 18.2 Å². The predicted molar refractivity (Wildman–Crippen MR) is 151 cm³/mol. The van der Waals surface area contributed by atoms with Crippen LogP contribution in [0.2, 0.25) is 0 Å². The fourth-order valence-electron chi connectivity index (χ4n) is 5.15. The van der Waals surface area contributed by atoms with Crippen LogP contribution in [0.1, 0.15) is 0 Å². The van der Waals surface area contributed by atoms with E-state index in [1.807, 2.05) is 0 Å². The quantitative estimate of drug-likeness (QED) is 0.115. The Balaban J connectivity index is 1.66. The molecule has 2 fully saturated rings. The lowest BCUT2D eigenvalue weighted by Crippen LogP contribution is -2.60. The van der Waals surface area contributed by atoms with Crippen LogP contribution in [0.25, 0.3) is 22.6 Å². The number of methoxy groups -OCH3 is 2. The Hall–Kier alpha value is -3.75. The second-order valence-electron chi connectivity index (χ2n) is 10.6. The third kappa shape index (κ3) is 6.17. The number of aromatic hydroxyl groups is 1. The molecule has 0 radical (unpaired) electrons. The van der Waals surface area contributed by atoms with Gasteiger partial charge in [-0.1, -0.05) is 0 Å². The first kappa shape index (κ1) is 33.6. The summed E-state index contributed by atoms with van der Waals surface area (Å²) in [6.07, 6.45) is -16.6. The Morgan fingerprint density at radius 2 is 1.15 bits per heavy atom. The third-order valence-electron chi connectivity index (χ3n) is 7.71. The Kier molecular flexibility index (Phi) is 9.89. The molecule has 10 atom stereocenters. The summed E-state index contributed by atoms with van der Waals surface area (Å²) in [7, 11) is 2.57. The van der Waals surface area contributed by atoms with Crippen LogP contribution >= 0.6 is 0 Å². The molecule has 252 valence electrons. The molecule has 3 heterocycles. The molecule has 1 unspecified atom stereocenters. The molecule has 9 N–H and O–H groups in total. The summed E-state index contributed by atoms with van der Waals surface area (Å²) in [5, 5.41) is 91.7. The number of fused-ring (bicyclic) bond motifs is 1. The number of benzene rings is 2. The summed E-state index contributed by atoms with van der Waals surface area (Å²) in [5.74, 6) is -1.20. The summed E-state index contributed by atoms with van der Waals surface area (Å²) >= 11 is 0. The molecule has 46 heavy (non-hydrogen) atoms. The number of phenolic OH excluding ortho intramolecular Hbond substituents is 1. The van der Waals surface area contributed by atoms with Crippen molar-refractivity contribution in [3.8, 4) is 51.4 Å². The van der Waals surface area contributed by atoms with E-state index in [4.69, 9.17) is 32.8 Å². The van der Waals surface area contributed by atoms with Gasteiger partial charge in [0.1, 0.15) is 60.3 Å². The molecule has 4 aliphatic rings. The van der Waals surface area contributed by atoms with Crippen molar-refractivity contribution in [3.63, 3.8) is 0 Å². The van der Waals surface area contributed by atoms with Gasteiger partial charge >= 0.3 is 0 Å². The fourth-order valence-corrected chi connectivity index (χ4v) is 5.15. The van der Waals surface area contributed by atoms with E-state index in [2.05, 4.69) is 0 Å². The fraction of sp³-hybridized carbons (Fsp3) is 0.483. The van der Waals surface area contributed by atoms with E-state index in [0.29, 0.717) is 0 Å². The van der Waals surface area contributed by atoms with Gasteiger partial charge in [-0.15, -0.1) is 0 Å². The van der Waals surface area contributed by atoms with Crippen LogP contribution in [-0.2, 0) is 9.47 Å². The SMILES string of the molecule is COc1cc(-c2oc3cc(=O)cc(O[C@@H]4O[C@H](CO)[C@@H](O)[C@H](O)[C@H]4O)c-3cc2O[C@@H]2O[C@H](CO)[C@@H](O)C(O)[C@H]2O)cc(OC)c1O. The van der Waals surface area contributed by atoms with E-state index in [1.165, 1.54) is 32.4 Å². The third-order valence-corrected chi connectivity index (χ3v) is 7.71. The van der Waals surface area contributed by atoms with E-state index in [9.17, 15) is 50.8 Å². The monoisotopic (exact) mass is 654 g/mol. The lowest BCUT2D eigenvalue weighted by molar-refractivity contribution is -0.277. The van der Waals surface area contributed by atoms with Crippen molar-refractivity contribution in [2.45, 2.75) is 61.4 Å². The van der Waals surface area contributed by atoms with Crippen LogP contribution < -0.4 is 24.4 Å². The Bertz CT molecular complexity index is 1510. The minimum absolute atomic E-state index is 0.0117. The molecule has 2 saturated heterocycles. The number of ether oxygens (including phenoxy) is 6. The maximum absolute atomic E-state index is 12.7. The number of hydrogen-bond acceptors (Lipinski definition) is 17. The number of aliphatic hydroxyl groups is 8. The molecule has 0 saturated carbocycles. The van der Waals surface area contributed by atoms with Crippen LogP contribution in [-0.4, -0.2) is 135 Å². The first-order valence-corrected chi connectivity index (χ1v) is 13.9. The first-order chi connectivity index (χ1) is 21.9. The highest BCUT2D eigenvalue weighted by Gasteiger charge is 2.46. The zero-order valence-electron chi connectivity index (χ0n) is 24.4. The summed E-state index contributed by atoms with van der Waals surface area (Å²) in [6.45, 7) is -1.47. The van der Waals surface area contributed by atoms with Gasteiger partial charge in [0.25, 0.3) is 0 Å². The first-order valence-electron chi connectivity index (χ1n) is 13.9. The van der Waals surface area contributed by atoms with Crippen LogP contribution in [0.15, 0.2) is 39.5 Å². The molecule has 1 aliphatic carbocycles. The van der Waals surface area contributed by atoms with Gasteiger partial charge in [0.05, 0.1) is 33.0 Å². The van der Waals surface area contributed by atoms with E-state index < -0.39 is 80.1 Å². The Morgan fingerprint density at radius 1 is 0.652 bits per heavy atom. The van der Waals surface area contributed by atoms with Crippen LogP contribution in [0.3, 0.4) is 0 Å². The van der Waals surface area contributed by atoms with Gasteiger partial charge in [-0.3, -0.25) is 4.79 Å². The Labute approximate surface area is 259 Å². The summed E-state index contributed by atoms with van der Waals surface area (Å²) in [4.78, 5) is 12.7. The minimum atomic E-state index is -1.83. The highest BCUT2D eigenvalue weighted by Crippen LogP contribution is 2.46. The van der Waals surface area contributed by atoms with E-state index in [0.717, 1.165) is 12.1 Å². The predicted octanol–water partition coefficient (Wildman–Crippen LogP) is -2.51. The molecule has 17 heteroatoms. The number of hydrogen-bond donors (Lipinski definition) is 9. The molecule has 1 aromatic carbocycles. The molecule has 5 rings (SSSR count). The van der Waals surface area contributed by atoms with Gasteiger partial charge in [-0.2, -0.15) is 0 Å². The largest absolute Gasteiger partial charge is 0.502 e. The lowest BCUT2D eigenvalue weighted by Gasteiger charge is -2.40. The van der Waals surface area contributed by atoms with Crippen molar-refractivity contribution >= 4 is 0 Å². The minimum Gasteiger partial charge on any atom is -0.502 e. The van der Waals surface area contributed by atoms with Gasteiger partial charge < -0.3 is 78.8 Å². The van der Waals surface area contributed by atoms with Gasteiger partial charge in [0, 0.05) is 17.7 Å². The number of phenols is 1. The molecule has 0 aromatic heterocycles. The smallest absolute Gasteiger partial charge is 0.229 e. The molecule has 1 aromatic rings. The van der Waals surface area contributed by atoms with Crippen molar-refractivity contribution in [2.75, 3.05) is 27.4 Å². The van der Waals surface area contributed by atoms with Gasteiger partial charge in [0.2, 0.25) is 18.3 Å². The maximum Gasteiger partial charge on any atom is 0.229 e. The van der Waals surface area contributed by atoms with Crippen LogP contribution in [0, 0.1) is 0 Å². The molecule has 3 aliphatic heterocycles. The molecule has 0 bridgehead atoms. The lowest BCUT2D eigenvalue weighted by atomic mass is 9.99. The topological polar surface area (TPSA) is 268 Å². The van der Waals surface area contributed by atoms with Gasteiger partial charge in [-0.25, -0.2) is 0 Å². The van der Waals surface area contributed by atoms with E-state index in [-0.39, 0.29) is 51.4 Å². The molecule has 17 nitrogen and oxygen atoms in total. The molecule has 0 spiro atoms. The maximum atomic E-state index is 12.7. The standard InChI is InChI=1S/C29H34O17/c1-40-15-3-10(4-16(41-2)20(15)33)27-17(44-29-26(39)24(37)22(35)19(9-31)46-29)7-12-13(42-27)5-11(32)6-14(12)43-28-25(38)23(36)21(34)18(8-30)45-28/h3-7,18-19,21-26,28-31,33-39H,8-9H2,1-2H3/t18-,19-,21-,22-,23+,24?,25-,26-,28-,29-/m1/s1. The molecule has 0 amide bonds. The van der Waals surface area contributed by atoms with Crippen LogP contribution in [0.4, 0.5) is 0 Å². The second-order valence-corrected chi connectivity index (χ2v) is 10.6. The van der Waals surface area contributed by atoms with Crippen molar-refractivity contribution in [3.05, 3.63) is 40.6 Å². The zero-order valence-corrected chi connectivity index (χ0v) is 24.4.